The maximum absolute atomic E-state index is 13.1. The molecule has 3 rings (SSSR count). The second kappa shape index (κ2) is 11.2. The van der Waals surface area contributed by atoms with E-state index in [4.69, 9.17) is 32.7 Å². The minimum atomic E-state index is -0.273. The first kappa shape index (κ1) is 22.4. The number of hydrogen-bond acceptors (Lipinski definition) is 3. The highest BCUT2D eigenvalue weighted by molar-refractivity contribution is 6.31. The van der Waals surface area contributed by atoms with Gasteiger partial charge in [0.05, 0.1) is 6.61 Å². The van der Waals surface area contributed by atoms with Crippen LogP contribution in [0.15, 0.2) is 60.7 Å². The smallest absolute Gasteiger partial charge is 0.163 e. The van der Waals surface area contributed by atoms with Gasteiger partial charge in [-0.1, -0.05) is 47.5 Å². The predicted molar refractivity (Wildman–Crippen MR) is 120 cm³/mol. The molecule has 0 saturated heterocycles. The van der Waals surface area contributed by atoms with Crippen LogP contribution in [0.5, 0.6) is 11.5 Å². The Morgan fingerprint density at radius 1 is 0.867 bits per heavy atom. The van der Waals surface area contributed by atoms with Crippen LogP contribution in [-0.4, -0.2) is 13.2 Å². The number of rotatable bonds is 10. The van der Waals surface area contributed by atoms with Crippen molar-refractivity contribution in [1.29, 1.82) is 0 Å². The molecule has 0 fully saturated rings. The van der Waals surface area contributed by atoms with Gasteiger partial charge in [0.25, 0.3) is 0 Å². The maximum Gasteiger partial charge on any atom is 0.163 e. The molecule has 0 unspecified atom stereocenters. The molecular weight excluding hydrogens is 424 g/mol. The van der Waals surface area contributed by atoms with Crippen LogP contribution in [0, 0.1) is 5.82 Å². The van der Waals surface area contributed by atoms with Gasteiger partial charge in [-0.15, -0.1) is 0 Å². The van der Waals surface area contributed by atoms with Gasteiger partial charge < -0.3 is 14.8 Å². The topological polar surface area (TPSA) is 30.5 Å². The fraction of sp³-hybridized carbons (Fsp3) is 0.250. The second-order valence-electron chi connectivity index (χ2n) is 6.79. The van der Waals surface area contributed by atoms with Gasteiger partial charge in [-0.25, -0.2) is 4.39 Å². The molecule has 3 nitrogen and oxygen atoms in total. The summed E-state index contributed by atoms with van der Waals surface area (Å²) in [6.07, 6.45) is 0.895. The molecule has 3 aromatic carbocycles. The quantitative estimate of drug-likeness (QED) is 0.362. The van der Waals surface area contributed by atoms with E-state index in [0.717, 1.165) is 29.1 Å². The minimum absolute atomic E-state index is 0.273. The summed E-state index contributed by atoms with van der Waals surface area (Å²) in [5, 5.41) is 4.75. The monoisotopic (exact) mass is 447 g/mol. The summed E-state index contributed by atoms with van der Waals surface area (Å²) in [5.41, 5.74) is 3.02. The molecule has 0 aliphatic carbocycles. The fourth-order valence-electron chi connectivity index (χ4n) is 2.94. The van der Waals surface area contributed by atoms with E-state index in [1.165, 1.54) is 17.7 Å². The van der Waals surface area contributed by atoms with E-state index < -0.39 is 0 Å². The van der Waals surface area contributed by atoms with Crippen LogP contribution < -0.4 is 14.8 Å². The first-order valence-electron chi connectivity index (χ1n) is 9.82. The molecule has 158 valence electrons. The van der Waals surface area contributed by atoms with Gasteiger partial charge >= 0.3 is 0 Å². The molecule has 0 heterocycles. The summed E-state index contributed by atoms with van der Waals surface area (Å²) in [5.74, 6) is 0.930. The molecule has 0 spiro atoms. The zero-order valence-corrected chi connectivity index (χ0v) is 18.3. The Labute approximate surface area is 186 Å². The van der Waals surface area contributed by atoms with Crippen LogP contribution in [-0.2, 0) is 19.6 Å². The largest absolute Gasteiger partial charge is 0.490 e. The van der Waals surface area contributed by atoms with Crippen molar-refractivity contribution in [3.63, 3.8) is 0 Å². The van der Waals surface area contributed by atoms with Crippen molar-refractivity contribution in [2.24, 2.45) is 0 Å². The Hall–Kier alpha value is -2.27. The molecule has 0 atom stereocenters. The molecule has 30 heavy (non-hydrogen) atoms. The van der Waals surface area contributed by atoms with E-state index in [1.54, 1.807) is 18.2 Å². The first-order valence-corrected chi connectivity index (χ1v) is 10.6. The lowest BCUT2D eigenvalue weighted by atomic mass is 10.1. The summed E-state index contributed by atoms with van der Waals surface area (Å²) in [7, 11) is 0. The number of nitrogens with one attached hydrogen (secondary N) is 1. The third kappa shape index (κ3) is 6.63. The van der Waals surface area contributed by atoms with Crippen molar-refractivity contribution >= 4 is 23.2 Å². The van der Waals surface area contributed by atoms with Gasteiger partial charge in [-0.05, 0) is 66.9 Å². The fourth-order valence-corrected chi connectivity index (χ4v) is 3.29. The Balaban J connectivity index is 1.60. The third-order valence-corrected chi connectivity index (χ3v) is 5.14. The molecule has 6 heteroatoms. The highest BCUT2D eigenvalue weighted by atomic mass is 35.5. The number of benzene rings is 3. The average Bonchev–Trinajstić information content (AvgIpc) is 2.74. The SMILES string of the molecule is CCOc1cc(CNCCc2ccc(Cl)cc2)c(Cl)cc1OCc1ccc(F)cc1. The van der Waals surface area contributed by atoms with Crippen molar-refractivity contribution < 1.29 is 13.9 Å². The van der Waals surface area contributed by atoms with Gasteiger partial charge in [0.1, 0.15) is 12.4 Å². The highest BCUT2D eigenvalue weighted by Crippen LogP contribution is 2.34. The summed E-state index contributed by atoms with van der Waals surface area (Å²) in [6, 6.07) is 17.7. The van der Waals surface area contributed by atoms with Gasteiger partial charge in [-0.2, -0.15) is 0 Å². The number of halogens is 3. The van der Waals surface area contributed by atoms with E-state index in [-0.39, 0.29) is 5.82 Å². The Kier molecular flexibility index (Phi) is 8.38. The standard InChI is InChI=1S/C24H24Cl2FNO2/c1-2-29-23-13-19(15-28-12-11-17-3-7-20(25)8-4-17)22(26)14-24(23)30-16-18-5-9-21(27)10-6-18/h3-10,13-14,28H,2,11-12,15-16H2,1H3. The van der Waals surface area contributed by atoms with Crippen LogP contribution in [0.1, 0.15) is 23.6 Å². The van der Waals surface area contributed by atoms with Crippen molar-refractivity contribution in [3.05, 3.63) is 93.2 Å². The Morgan fingerprint density at radius 2 is 1.53 bits per heavy atom. The summed E-state index contributed by atoms with van der Waals surface area (Å²) in [6.45, 7) is 4.16. The Bertz CT molecular complexity index is 947. The first-order chi connectivity index (χ1) is 14.5. The molecule has 0 aliphatic rings. The molecule has 0 aromatic heterocycles. The highest BCUT2D eigenvalue weighted by Gasteiger charge is 2.12. The van der Waals surface area contributed by atoms with E-state index in [1.807, 2.05) is 37.3 Å². The molecule has 0 bridgehead atoms. The third-order valence-electron chi connectivity index (χ3n) is 4.54. The number of hydrogen-bond donors (Lipinski definition) is 1. The van der Waals surface area contributed by atoms with Gasteiger partial charge in [0.15, 0.2) is 11.5 Å². The zero-order chi connectivity index (χ0) is 21.3. The average molecular weight is 448 g/mol. The summed E-state index contributed by atoms with van der Waals surface area (Å²) < 4.78 is 24.7. The lowest BCUT2D eigenvalue weighted by molar-refractivity contribution is 0.269. The molecular formula is C24H24Cl2FNO2. The van der Waals surface area contributed by atoms with E-state index in [0.29, 0.717) is 36.3 Å². The minimum Gasteiger partial charge on any atom is -0.490 e. The van der Waals surface area contributed by atoms with Crippen molar-refractivity contribution in [2.45, 2.75) is 26.5 Å². The van der Waals surface area contributed by atoms with Crippen molar-refractivity contribution in [3.8, 4) is 11.5 Å². The van der Waals surface area contributed by atoms with Crippen LogP contribution in [0.4, 0.5) is 4.39 Å². The van der Waals surface area contributed by atoms with Crippen LogP contribution in [0.25, 0.3) is 0 Å². The second-order valence-corrected chi connectivity index (χ2v) is 7.64. The number of ether oxygens (including phenoxy) is 2. The zero-order valence-electron chi connectivity index (χ0n) is 16.8. The molecule has 3 aromatic rings. The lowest BCUT2D eigenvalue weighted by Gasteiger charge is -2.15. The van der Waals surface area contributed by atoms with Crippen LogP contribution >= 0.6 is 23.2 Å². The van der Waals surface area contributed by atoms with Crippen molar-refractivity contribution in [2.75, 3.05) is 13.2 Å². The Morgan fingerprint density at radius 3 is 2.23 bits per heavy atom. The summed E-state index contributed by atoms with van der Waals surface area (Å²) in [4.78, 5) is 0. The molecule has 0 aliphatic heterocycles. The van der Waals surface area contributed by atoms with Gasteiger partial charge in [0, 0.05) is 22.7 Å². The maximum atomic E-state index is 13.1. The predicted octanol–water partition coefficient (Wildman–Crippen LogP) is 6.44. The molecule has 0 amide bonds. The van der Waals surface area contributed by atoms with E-state index >= 15 is 0 Å². The van der Waals surface area contributed by atoms with Crippen LogP contribution in [0.2, 0.25) is 10.0 Å². The molecule has 1 N–H and O–H groups in total. The van der Waals surface area contributed by atoms with Crippen molar-refractivity contribution in [1.82, 2.24) is 5.32 Å². The molecule has 0 saturated carbocycles. The van der Waals surface area contributed by atoms with E-state index in [9.17, 15) is 4.39 Å². The van der Waals surface area contributed by atoms with Gasteiger partial charge in [-0.3, -0.25) is 0 Å². The normalized spacial score (nSPS) is 10.8. The molecule has 0 radical (unpaired) electrons. The lowest BCUT2D eigenvalue weighted by Crippen LogP contribution is -2.17. The van der Waals surface area contributed by atoms with E-state index in [2.05, 4.69) is 5.32 Å². The van der Waals surface area contributed by atoms with Crippen LogP contribution in [0.3, 0.4) is 0 Å². The van der Waals surface area contributed by atoms with Gasteiger partial charge in [0.2, 0.25) is 0 Å². The summed E-state index contributed by atoms with van der Waals surface area (Å²) >= 11 is 12.4.